The SMILES string of the molecule is COC(=O)CCCCCCCNC(=O)C1CNCCO1.Cl. The Morgan fingerprint density at radius 3 is 2.62 bits per heavy atom. The van der Waals surface area contributed by atoms with E-state index in [0.29, 0.717) is 26.1 Å². The Bertz CT molecular complexity index is 297. The van der Waals surface area contributed by atoms with Crippen LogP contribution in [0.5, 0.6) is 0 Å². The first-order valence-electron chi connectivity index (χ1n) is 7.41. The Hall–Kier alpha value is -0.850. The number of halogens is 1. The molecule has 0 aromatic heterocycles. The van der Waals surface area contributed by atoms with Crippen LogP contribution in [0.25, 0.3) is 0 Å². The quantitative estimate of drug-likeness (QED) is 0.490. The predicted octanol–water partition coefficient (Wildman–Crippen LogP) is 1.03. The molecule has 0 spiro atoms. The number of hydrogen-bond acceptors (Lipinski definition) is 5. The van der Waals surface area contributed by atoms with Gasteiger partial charge in [0.1, 0.15) is 6.10 Å². The van der Waals surface area contributed by atoms with Gasteiger partial charge in [-0.2, -0.15) is 0 Å². The molecule has 1 atom stereocenters. The van der Waals surface area contributed by atoms with E-state index in [0.717, 1.165) is 38.6 Å². The number of ether oxygens (including phenoxy) is 2. The Morgan fingerprint density at radius 1 is 1.24 bits per heavy atom. The minimum Gasteiger partial charge on any atom is -0.469 e. The van der Waals surface area contributed by atoms with Crippen LogP contribution >= 0.6 is 12.4 Å². The van der Waals surface area contributed by atoms with Crippen LogP contribution in [0.2, 0.25) is 0 Å². The van der Waals surface area contributed by atoms with Gasteiger partial charge in [0.15, 0.2) is 0 Å². The van der Waals surface area contributed by atoms with Crippen molar-refractivity contribution < 1.29 is 19.1 Å². The number of rotatable bonds is 9. The highest BCUT2D eigenvalue weighted by molar-refractivity contribution is 5.85. The molecular weight excluding hydrogens is 296 g/mol. The number of unbranched alkanes of at least 4 members (excludes halogenated alkanes) is 4. The topological polar surface area (TPSA) is 76.7 Å². The lowest BCUT2D eigenvalue weighted by atomic mass is 10.1. The van der Waals surface area contributed by atoms with Gasteiger partial charge in [0.05, 0.1) is 13.7 Å². The highest BCUT2D eigenvalue weighted by Crippen LogP contribution is 2.05. The Morgan fingerprint density at radius 2 is 1.95 bits per heavy atom. The fraction of sp³-hybridized carbons (Fsp3) is 0.857. The fourth-order valence-electron chi connectivity index (χ4n) is 2.09. The van der Waals surface area contributed by atoms with E-state index in [1.54, 1.807) is 0 Å². The van der Waals surface area contributed by atoms with Gasteiger partial charge >= 0.3 is 5.97 Å². The number of hydrogen-bond donors (Lipinski definition) is 2. The van der Waals surface area contributed by atoms with Gasteiger partial charge in [0, 0.05) is 26.1 Å². The first kappa shape index (κ1) is 20.1. The molecular formula is C14H27ClN2O4. The molecule has 0 bridgehead atoms. The molecule has 21 heavy (non-hydrogen) atoms. The van der Waals surface area contributed by atoms with Gasteiger partial charge in [-0.3, -0.25) is 9.59 Å². The maximum atomic E-state index is 11.7. The summed E-state index contributed by atoms with van der Waals surface area (Å²) in [5, 5.41) is 6.02. The lowest BCUT2D eigenvalue weighted by molar-refractivity contribution is -0.140. The normalized spacial score (nSPS) is 17.7. The Kier molecular flexibility index (Phi) is 12.3. The zero-order chi connectivity index (χ0) is 14.6. The molecule has 6 nitrogen and oxygen atoms in total. The van der Waals surface area contributed by atoms with Gasteiger partial charge in [-0.05, 0) is 12.8 Å². The number of carbonyl (C=O) groups is 2. The molecule has 1 aliphatic heterocycles. The lowest BCUT2D eigenvalue weighted by Gasteiger charge is -2.22. The third kappa shape index (κ3) is 9.66. The molecule has 1 fully saturated rings. The maximum Gasteiger partial charge on any atom is 0.305 e. The number of carbonyl (C=O) groups excluding carboxylic acids is 2. The fourth-order valence-corrected chi connectivity index (χ4v) is 2.09. The van der Waals surface area contributed by atoms with Gasteiger partial charge in [0.25, 0.3) is 0 Å². The van der Waals surface area contributed by atoms with Gasteiger partial charge in [-0.1, -0.05) is 19.3 Å². The third-order valence-electron chi connectivity index (χ3n) is 3.30. The largest absolute Gasteiger partial charge is 0.469 e. The molecule has 0 saturated carbocycles. The molecule has 1 aliphatic rings. The molecule has 1 heterocycles. The van der Waals surface area contributed by atoms with Crippen molar-refractivity contribution in [3.63, 3.8) is 0 Å². The summed E-state index contributed by atoms with van der Waals surface area (Å²) >= 11 is 0. The molecule has 1 amide bonds. The molecule has 0 aromatic rings. The summed E-state index contributed by atoms with van der Waals surface area (Å²) in [6, 6.07) is 0. The van der Waals surface area contributed by atoms with Gasteiger partial charge in [0.2, 0.25) is 5.91 Å². The van der Waals surface area contributed by atoms with Crippen molar-refractivity contribution in [3.05, 3.63) is 0 Å². The van der Waals surface area contributed by atoms with Crippen LogP contribution in [0.1, 0.15) is 38.5 Å². The highest BCUT2D eigenvalue weighted by atomic mass is 35.5. The number of morpholine rings is 1. The van der Waals surface area contributed by atoms with Crippen molar-refractivity contribution in [2.24, 2.45) is 0 Å². The van der Waals surface area contributed by atoms with Crippen LogP contribution in [0.4, 0.5) is 0 Å². The van der Waals surface area contributed by atoms with Crippen molar-refractivity contribution in [3.8, 4) is 0 Å². The number of methoxy groups -OCH3 is 1. The molecule has 7 heteroatoms. The number of nitrogens with one attached hydrogen (secondary N) is 2. The summed E-state index contributed by atoms with van der Waals surface area (Å²) in [5.74, 6) is -0.166. The second-order valence-corrected chi connectivity index (χ2v) is 4.95. The number of amides is 1. The molecule has 1 saturated heterocycles. The van der Waals surface area contributed by atoms with Crippen LogP contribution in [-0.4, -0.2) is 51.3 Å². The van der Waals surface area contributed by atoms with E-state index in [-0.39, 0.29) is 30.4 Å². The zero-order valence-corrected chi connectivity index (χ0v) is 13.5. The van der Waals surface area contributed by atoms with E-state index in [1.807, 2.05) is 0 Å². The molecule has 0 aliphatic carbocycles. The minimum atomic E-state index is -0.344. The smallest absolute Gasteiger partial charge is 0.305 e. The van der Waals surface area contributed by atoms with E-state index in [4.69, 9.17) is 4.74 Å². The highest BCUT2D eigenvalue weighted by Gasteiger charge is 2.20. The zero-order valence-electron chi connectivity index (χ0n) is 12.7. The lowest BCUT2D eigenvalue weighted by Crippen LogP contribution is -2.48. The first-order valence-corrected chi connectivity index (χ1v) is 7.41. The van der Waals surface area contributed by atoms with Gasteiger partial charge < -0.3 is 20.1 Å². The average molecular weight is 323 g/mol. The maximum absolute atomic E-state index is 11.7. The summed E-state index contributed by atoms with van der Waals surface area (Å²) < 4.78 is 9.94. The molecule has 1 unspecified atom stereocenters. The Labute approximate surface area is 132 Å². The summed E-state index contributed by atoms with van der Waals surface area (Å²) in [6.07, 6.45) is 5.16. The van der Waals surface area contributed by atoms with E-state index in [2.05, 4.69) is 15.4 Å². The molecule has 1 rings (SSSR count). The molecule has 124 valence electrons. The minimum absolute atomic E-state index is 0. The standard InChI is InChI=1S/C14H26N2O4.ClH/c1-19-13(17)7-5-3-2-4-6-8-16-14(18)12-11-15-9-10-20-12;/h12,15H,2-11H2,1H3,(H,16,18);1H. The number of esters is 1. The third-order valence-corrected chi connectivity index (χ3v) is 3.30. The van der Waals surface area contributed by atoms with E-state index in [1.165, 1.54) is 7.11 Å². The van der Waals surface area contributed by atoms with Crippen LogP contribution in [0.3, 0.4) is 0 Å². The summed E-state index contributed by atoms with van der Waals surface area (Å²) in [6.45, 7) is 2.70. The summed E-state index contributed by atoms with van der Waals surface area (Å²) in [7, 11) is 1.41. The van der Waals surface area contributed by atoms with E-state index in [9.17, 15) is 9.59 Å². The molecule has 0 aromatic carbocycles. The van der Waals surface area contributed by atoms with Gasteiger partial charge in [-0.15, -0.1) is 12.4 Å². The van der Waals surface area contributed by atoms with Crippen LogP contribution < -0.4 is 10.6 Å². The average Bonchev–Trinajstić information content (AvgIpc) is 2.50. The molecule has 0 radical (unpaired) electrons. The van der Waals surface area contributed by atoms with Crippen molar-refractivity contribution in [2.75, 3.05) is 33.4 Å². The second-order valence-electron chi connectivity index (χ2n) is 4.95. The predicted molar refractivity (Wildman–Crippen MR) is 82.6 cm³/mol. The monoisotopic (exact) mass is 322 g/mol. The van der Waals surface area contributed by atoms with Crippen LogP contribution in [-0.2, 0) is 19.1 Å². The van der Waals surface area contributed by atoms with Crippen molar-refractivity contribution in [2.45, 2.75) is 44.6 Å². The van der Waals surface area contributed by atoms with E-state index >= 15 is 0 Å². The van der Waals surface area contributed by atoms with Crippen LogP contribution in [0.15, 0.2) is 0 Å². The summed E-state index contributed by atoms with van der Waals surface area (Å²) in [4.78, 5) is 22.6. The summed E-state index contributed by atoms with van der Waals surface area (Å²) in [5.41, 5.74) is 0. The molecule has 2 N–H and O–H groups in total. The Balaban J connectivity index is 0.00000400. The van der Waals surface area contributed by atoms with Crippen molar-refractivity contribution in [1.29, 1.82) is 0 Å². The van der Waals surface area contributed by atoms with Crippen LogP contribution in [0, 0.1) is 0 Å². The first-order chi connectivity index (χ1) is 9.74. The van der Waals surface area contributed by atoms with Gasteiger partial charge in [-0.25, -0.2) is 0 Å². The van der Waals surface area contributed by atoms with Crippen molar-refractivity contribution in [1.82, 2.24) is 10.6 Å². The van der Waals surface area contributed by atoms with Crippen molar-refractivity contribution >= 4 is 24.3 Å². The van der Waals surface area contributed by atoms with E-state index < -0.39 is 0 Å². The second kappa shape index (κ2) is 12.9.